The van der Waals surface area contributed by atoms with Crippen molar-refractivity contribution in [3.05, 3.63) is 49.6 Å². The SMILES string of the molecule is [CH]=C/C=C/C=C/C=C. The van der Waals surface area contributed by atoms with Gasteiger partial charge in [0.25, 0.3) is 0 Å². The van der Waals surface area contributed by atoms with Gasteiger partial charge in [0.2, 0.25) is 0 Å². The predicted octanol–water partition coefficient (Wildman–Crippen LogP) is 2.27. The van der Waals surface area contributed by atoms with Crippen molar-refractivity contribution in [3.63, 3.8) is 0 Å². The summed E-state index contributed by atoms with van der Waals surface area (Å²) in [4.78, 5) is 0. The van der Waals surface area contributed by atoms with Crippen LogP contribution in [0.25, 0.3) is 0 Å². The fraction of sp³-hybridized carbons (Fsp3) is 0. The fourth-order valence-corrected chi connectivity index (χ4v) is 0.271. The van der Waals surface area contributed by atoms with E-state index >= 15 is 0 Å². The maximum atomic E-state index is 5.04. The minimum Gasteiger partial charge on any atom is -0.0991 e. The van der Waals surface area contributed by atoms with Gasteiger partial charge in [-0.1, -0.05) is 49.6 Å². The maximum absolute atomic E-state index is 5.04. The summed E-state index contributed by atoms with van der Waals surface area (Å²) in [6.45, 7) is 8.54. The lowest BCUT2D eigenvalue weighted by molar-refractivity contribution is 1.90. The fourth-order valence-electron chi connectivity index (χ4n) is 0.271. The molecule has 0 unspecified atom stereocenters. The van der Waals surface area contributed by atoms with Gasteiger partial charge in [0.05, 0.1) is 0 Å². The first-order chi connectivity index (χ1) is 3.91. The Morgan fingerprint density at radius 3 is 2.12 bits per heavy atom. The first-order valence-electron chi connectivity index (χ1n) is 2.41. The molecule has 0 saturated carbocycles. The lowest BCUT2D eigenvalue weighted by Crippen LogP contribution is -1.45. The number of rotatable bonds is 3. The second-order valence-corrected chi connectivity index (χ2v) is 1.20. The molecule has 0 N–H and O–H groups in total. The van der Waals surface area contributed by atoms with E-state index in [-0.39, 0.29) is 0 Å². The molecule has 41 valence electrons. The van der Waals surface area contributed by atoms with Crippen molar-refractivity contribution in [2.45, 2.75) is 0 Å². The van der Waals surface area contributed by atoms with Crippen LogP contribution in [0.3, 0.4) is 0 Å². The molecule has 0 aliphatic rings. The zero-order valence-electron chi connectivity index (χ0n) is 4.75. The highest BCUT2D eigenvalue weighted by atomic mass is 13.6. The molecule has 0 amide bonds. The van der Waals surface area contributed by atoms with E-state index in [1.54, 1.807) is 12.2 Å². The van der Waals surface area contributed by atoms with Crippen LogP contribution in [-0.2, 0) is 0 Å². The van der Waals surface area contributed by atoms with E-state index in [9.17, 15) is 0 Å². The highest BCUT2D eigenvalue weighted by Gasteiger charge is 1.54. The zero-order valence-corrected chi connectivity index (χ0v) is 4.75. The third kappa shape index (κ3) is 4.96. The van der Waals surface area contributed by atoms with E-state index in [0.29, 0.717) is 0 Å². The van der Waals surface area contributed by atoms with Gasteiger partial charge in [-0.3, -0.25) is 0 Å². The summed E-state index contributed by atoms with van der Waals surface area (Å²) >= 11 is 0. The van der Waals surface area contributed by atoms with Crippen molar-refractivity contribution >= 4 is 0 Å². The number of hydrogen-bond donors (Lipinski definition) is 0. The maximum Gasteiger partial charge on any atom is -0.0623 e. The molecule has 1 radical (unpaired) electrons. The van der Waals surface area contributed by atoms with Gasteiger partial charge >= 0.3 is 0 Å². The van der Waals surface area contributed by atoms with Crippen LogP contribution in [0.5, 0.6) is 0 Å². The van der Waals surface area contributed by atoms with Gasteiger partial charge in [-0.25, -0.2) is 0 Å². The van der Waals surface area contributed by atoms with E-state index in [4.69, 9.17) is 6.58 Å². The largest absolute Gasteiger partial charge is 0.0991 e. The molecule has 0 saturated heterocycles. The molecule has 0 heteroatoms. The molecule has 0 aromatic heterocycles. The number of hydrogen-bond acceptors (Lipinski definition) is 0. The highest BCUT2D eigenvalue weighted by Crippen LogP contribution is 1.76. The Balaban J connectivity index is 3.41. The Hall–Kier alpha value is -1.04. The predicted molar refractivity (Wildman–Crippen MR) is 37.3 cm³/mol. The van der Waals surface area contributed by atoms with Gasteiger partial charge in [-0.2, -0.15) is 0 Å². The van der Waals surface area contributed by atoms with E-state index in [2.05, 4.69) is 6.58 Å². The van der Waals surface area contributed by atoms with Crippen LogP contribution in [0.4, 0.5) is 0 Å². The molecular weight excluding hydrogens is 96.1 g/mol. The molecule has 0 bridgehead atoms. The Kier molecular flexibility index (Phi) is 5.19. The summed E-state index contributed by atoms with van der Waals surface area (Å²) in [5.74, 6) is 0. The van der Waals surface area contributed by atoms with Crippen LogP contribution >= 0.6 is 0 Å². The van der Waals surface area contributed by atoms with E-state index in [1.807, 2.05) is 18.2 Å². The van der Waals surface area contributed by atoms with E-state index < -0.39 is 0 Å². The van der Waals surface area contributed by atoms with Crippen molar-refractivity contribution in [3.8, 4) is 0 Å². The molecule has 0 aliphatic carbocycles. The summed E-state index contributed by atoms with van der Waals surface area (Å²) in [6, 6.07) is 0. The minimum atomic E-state index is 1.48. The van der Waals surface area contributed by atoms with Crippen molar-refractivity contribution in [1.29, 1.82) is 0 Å². The number of allylic oxidation sites excluding steroid dienone is 6. The summed E-state index contributed by atoms with van der Waals surface area (Å²) in [6.07, 6.45) is 10.5. The van der Waals surface area contributed by atoms with Crippen LogP contribution < -0.4 is 0 Å². The molecule has 0 rings (SSSR count). The molecule has 0 fully saturated rings. The first-order valence-corrected chi connectivity index (χ1v) is 2.41. The van der Waals surface area contributed by atoms with E-state index in [1.165, 1.54) is 6.08 Å². The Morgan fingerprint density at radius 1 is 1.00 bits per heavy atom. The van der Waals surface area contributed by atoms with Crippen LogP contribution in [0.1, 0.15) is 0 Å². The Labute approximate surface area is 50.5 Å². The van der Waals surface area contributed by atoms with Crippen LogP contribution in [0, 0.1) is 6.58 Å². The lowest BCUT2D eigenvalue weighted by Gasteiger charge is -1.67. The molecule has 0 aromatic rings. The summed E-state index contributed by atoms with van der Waals surface area (Å²) in [7, 11) is 0. The van der Waals surface area contributed by atoms with Gasteiger partial charge in [0.15, 0.2) is 0 Å². The molecule has 0 aliphatic heterocycles. The van der Waals surface area contributed by atoms with Gasteiger partial charge in [-0.05, 0) is 0 Å². The monoisotopic (exact) mass is 105 g/mol. The smallest absolute Gasteiger partial charge is 0.0623 e. The molecule has 0 aromatic carbocycles. The normalized spacial score (nSPS) is 10.5. The molecular formula is C8H9. The van der Waals surface area contributed by atoms with Crippen LogP contribution in [0.2, 0.25) is 0 Å². The molecule has 0 atom stereocenters. The lowest BCUT2D eigenvalue weighted by atomic mass is 10.4. The van der Waals surface area contributed by atoms with Crippen molar-refractivity contribution < 1.29 is 0 Å². The van der Waals surface area contributed by atoms with Gasteiger partial charge in [-0.15, -0.1) is 0 Å². The third-order valence-corrected chi connectivity index (χ3v) is 0.581. The second kappa shape index (κ2) is 5.96. The quantitative estimate of drug-likeness (QED) is 0.483. The van der Waals surface area contributed by atoms with Crippen LogP contribution in [-0.4, -0.2) is 0 Å². The Morgan fingerprint density at radius 2 is 1.62 bits per heavy atom. The Bertz CT molecular complexity index is 100. The van der Waals surface area contributed by atoms with Crippen LogP contribution in [0.15, 0.2) is 43.0 Å². The second-order valence-electron chi connectivity index (χ2n) is 1.20. The third-order valence-electron chi connectivity index (χ3n) is 0.581. The summed E-state index contributed by atoms with van der Waals surface area (Å²) < 4.78 is 0. The minimum absolute atomic E-state index is 1.48. The summed E-state index contributed by atoms with van der Waals surface area (Å²) in [5.41, 5.74) is 0. The molecule has 0 heterocycles. The van der Waals surface area contributed by atoms with Crippen molar-refractivity contribution in [2.75, 3.05) is 0 Å². The molecule has 8 heavy (non-hydrogen) atoms. The first kappa shape index (κ1) is 6.96. The highest BCUT2D eigenvalue weighted by molar-refractivity contribution is 5.12. The van der Waals surface area contributed by atoms with Crippen molar-refractivity contribution in [2.24, 2.45) is 0 Å². The summed E-state index contributed by atoms with van der Waals surface area (Å²) in [5, 5.41) is 0. The molecule has 0 spiro atoms. The average molecular weight is 105 g/mol. The molecule has 0 nitrogen and oxygen atoms in total. The van der Waals surface area contributed by atoms with E-state index in [0.717, 1.165) is 0 Å². The van der Waals surface area contributed by atoms with Gasteiger partial charge < -0.3 is 0 Å². The van der Waals surface area contributed by atoms with Gasteiger partial charge in [0, 0.05) is 0 Å². The zero-order chi connectivity index (χ0) is 6.24. The topological polar surface area (TPSA) is 0 Å². The average Bonchev–Trinajstić information content (AvgIpc) is 1.81. The van der Waals surface area contributed by atoms with Crippen molar-refractivity contribution in [1.82, 2.24) is 0 Å². The standard InChI is InChI=1S/C8H9/c1-3-5-7-8-6-4-2/h1,3-8H,2H2/b3-1?,7-5+,8-6+. The van der Waals surface area contributed by atoms with Gasteiger partial charge in [0.1, 0.15) is 0 Å².